The van der Waals surface area contributed by atoms with Crippen LogP contribution in [0.25, 0.3) is 0 Å². The zero-order valence-electron chi connectivity index (χ0n) is 12.5. The van der Waals surface area contributed by atoms with Gasteiger partial charge < -0.3 is 10.4 Å². The summed E-state index contributed by atoms with van der Waals surface area (Å²) in [5.41, 5.74) is 2.01. The molecule has 1 aromatic rings. The van der Waals surface area contributed by atoms with Gasteiger partial charge in [-0.15, -0.1) is 0 Å². The van der Waals surface area contributed by atoms with Gasteiger partial charge in [0.1, 0.15) is 6.04 Å². The minimum atomic E-state index is -0.974. The molecule has 2 rings (SSSR count). The van der Waals surface area contributed by atoms with Gasteiger partial charge in [-0.25, -0.2) is 4.79 Å². The fourth-order valence-electron chi connectivity index (χ4n) is 2.99. The van der Waals surface area contributed by atoms with Crippen molar-refractivity contribution in [2.24, 2.45) is 5.92 Å². The molecule has 0 unspecified atom stereocenters. The van der Waals surface area contributed by atoms with Crippen molar-refractivity contribution >= 4 is 11.9 Å². The van der Waals surface area contributed by atoms with Gasteiger partial charge in [-0.05, 0) is 36.8 Å². The number of carbonyl (C=O) groups is 2. The van der Waals surface area contributed by atoms with Gasteiger partial charge in [-0.2, -0.15) is 0 Å². The molecular formula is C17H23NO3. The first-order valence-corrected chi connectivity index (χ1v) is 7.63. The van der Waals surface area contributed by atoms with E-state index in [0.29, 0.717) is 18.8 Å². The van der Waals surface area contributed by atoms with Gasteiger partial charge in [0.05, 0.1) is 0 Å². The van der Waals surface area contributed by atoms with E-state index in [1.165, 1.54) is 12.8 Å². The molecule has 0 bridgehead atoms. The maximum atomic E-state index is 12.0. The Bertz CT molecular complexity index is 507. The van der Waals surface area contributed by atoms with E-state index in [1.54, 1.807) is 0 Å². The summed E-state index contributed by atoms with van der Waals surface area (Å²) in [4.78, 5) is 23.4. The van der Waals surface area contributed by atoms with Gasteiger partial charge >= 0.3 is 5.97 Å². The van der Waals surface area contributed by atoms with Crippen molar-refractivity contribution in [3.05, 3.63) is 35.4 Å². The zero-order valence-corrected chi connectivity index (χ0v) is 12.5. The number of rotatable bonds is 6. The van der Waals surface area contributed by atoms with Crippen molar-refractivity contribution in [1.82, 2.24) is 5.32 Å². The standard InChI is InChI=1S/C17H23NO3/c1-12-6-2-5-9-14(12)11-15(17(20)21)18-16(19)10-13-7-3-4-8-13/h2,5-6,9,13,15H,3-4,7-8,10-11H2,1H3,(H,18,19)(H,20,21)/t15-/m1/s1. The average molecular weight is 289 g/mol. The lowest BCUT2D eigenvalue weighted by Gasteiger charge is -2.17. The highest BCUT2D eigenvalue weighted by molar-refractivity contribution is 5.83. The minimum absolute atomic E-state index is 0.136. The summed E-state index contributed by atoms with van der Waals surface area (Å²) >= 11 is 0. The van der Waals surface area contributed by atoms with Crippen LogP contribution in [0.3, 0.4) is 0 Å². The Morgan fingerprint density at radius 2 is 1.95 bits per heavy atom. The Balaban J connectivity index is 1.94. The van der Waals surface area contributed by atoms with Gasteiger partial charge in [0.2, 0.25) is 5.91 Å². The van der Waals surface area contributed by atoms with E-state index in [2.05, 4.69) is 5.32 Å². The molecule has 1 amide bonds. The Hall–Kier alpha value is -1.84. The summed E-state index contributed by atoms with van der Waals surface area (Å²) in [5, 5.41) is 12.0. The lowest BCUT2D eigenvalue weighted by molar-refractivity contribution is -0.141. The first-order chi connectivity index (χ1) is 10.1. The minimum Gasteiger partial charge on any atom is -0.480 e. The normalized spacial score (nSPS) is 16.6. The molecule has 2 N–H and O–H groups in total. The summed E-state index contributed by atoms with van der Waals surface area (Å²) in [6, 6.07) is 6.83. The number of carboxylic acid groups (broad SMARTS) is 1. The summed E-state index contributed by atoms with van der Waals surface area (Å²) < 4.78 is 0. The van der Waals surface area contributed by atoms with Crippen LogP contribution in [0, 0.1) is 12.8 Å². The van der Waals surface area contributed by atoms with Crippen molar-refractivity contribution < 1.29 is 14.7 Å². The maximum Gasteiger partial charge on any atom is 0.326 e. The number of aliphatic carboxylic acids is 1. The molecule has 1 aliphatic rings. The second-order valence-corrected chi connectivity index (χ2v) is 5.94. The molecule has 1 atom stereocenters. The molecule has 0 saturated heterocycles. The fraction of sp³-hybridized carbons (Fsp3) is 0.529. The van der Waals surface area contributed by atoms with Crippen molar-refractivity contribution in [3.8, 4) is 0 Å². The predicted octanol–water partition coefficient (Wildman–Crippen LogP) is 2.69. The molecule has 0 aromatic heterocycles. The van der Waals surface area contributed by atoms with Crippen LogP contribution in [-0.4, -0.2) is 23.0 Å². The molecule has 4 heteroatoms. The summed E-state index contributed by atoms with van der Waals surface area (Å²) in [7, 11) is 0. The number of carboxylic acids is 1. The van der Waals surface area contributed by atoms with Crippen LogP contribution in [0.5, 0.6) is 0 Å². The molecule has 4 nitrogen and oxygen atoms in total. The van der Waals surface area contributed by atoms with Crippen LogP contribution >= 0.6 is 0 Å². The highest BCUT2D eigenvalue weighted by Crippen LogP contribution is 2.27. The maximum absolute atomic E-state index is 12.0. The van der Waals surface area contributed by atoms with E-state index in [9.17, 15) is 14.7 Å². The summed E-state index contributed by atoms with van der Waals surface area (Å²) in [5.74, 6) is -0.682. The lowest BCUT2D eigenvalue weighted by Crippen LogP contribution is -2.42. The Labute approximate surface area is 125 Å². The predicted molar refractivity (Wildman–Crippen MR) is 81.0 cm³/mol. The average Bonchev–Trinajstić information content (AvgIpc) is 2.93. The molecule has 114 valence electrons. The van der Waals surface area contributed by atoms with Crippen LogP contribution in [0.1, 0.15) is 43.2 Å². The molecule has 0 spiro atoms. The highest BCUT2D eigenvalue weighted by atomic mass is 16.4. The highest BCUT2D eigenvalue weighted by Gasteiger charge is 2.24. The van der Waals surface area contributed by atoms with Crippen LogP contribution in [0.4, 0.5) is 0 Å². The number of nitrogens with one attached hydrogen (secondary N) is 1. The molecule has 1 aromatic carbocycles. The molecule has 1 fully saturated rings. The van der Waals surface area contributed by atoms with E-state index in [4.69, 9.17) is 0 Å². The first kappa shape index (κ1) is 15.5. The van der Waals surface area contributed by atoms with Crippen LogP contribution in [0.15, 0.2) is 24.3 Å². The largest absolute Gasteiger partial charge is 0.480 e. The van der Waals surface area contributed by atoms with Crippen molar-refractivity contribution in [1.29, 1.82) is 0 Å². The van der Waals surface area contributed by atoms with E-state index in [0.717, 1.165) is 24.0 Å². The molecule has 21 heavy (non-hydrogen) atoms. The summed E-state index contributed by atoms with van der Waals surface area (Å²) in [6.07, 6.45) is 5.33. The molecule has 1 aliphatic carbocycles. The zero-order chi connectivity index (χ0) is 15.2. The topological polar surface area (TPSA) is 66.4 Å². The Morgan fingerprint density at radius 3 is 2.57 bits per heavy atom. The van der Waals surface area contributed by atoms with E-state index < -0.39 is 12.0 Å². The smallest absolute Gasteiger partial charge is 0.326 e. The van der Waals surface area contributed by atoms with Gasteiger partial charge in [-0.3, -0.25) is 4.79 Å². The van der Waals surface area contributed by atoms with Crippen molar-refractivity contribution in [2.75, 3.05) is 0 Å². The van der Waals surface area contributed by atoms with Gasteiger partial charge in [0.15, 0.2) is 0 Å². The third-order valence-electron chi connectivity index (χ3n) is 4.27. The number of hydrogen-bond donors (Lipinski definition) is 2. The van der Waals surface area contributed by atoms with E-state index in [-0.39, 0.29) is 5.91 Å². The van der Waals surface area contributed by atoms with Crippen LogP contribution in [0.2, 0.25) is 0 Å². The first-order valence-electron chi connectivity index (χ1n) is 7.63. The number of amides is 1. The number of aryl methyl sites for hydroxylation is 1. The molecule has 0 heterocycles. The number of benzene rings is 1. The van der Waals surface area contributed by atoms with E-state index >= 15 is 0 Å². The third-order valence-corrected chi connectivity index (χ3v) is 4.27. The van der Waals surface area contributed by atoms with Crippen LogP contribution < -0.4 is 5.32 Å². The Kier molecular flexibility index (Phi) is 5.37. The molecule has 0 aliphatic heterocycles. The van der Waals surface area contributed by atoms with Crippen LogP contribution in [-0.2, 0) is 16.0 Å². The quantitative estimate of drug-likeness (QED) is 0.846. The van der Waals surface area contributed by atoms with E-state index in [1.807, 2.05) is 31.2 Å². The SMILES string of the molecule is Cc1ccccc1C[C@@H](NC(=O)CC1CCCC1)C(=O)O. The number of hydrogen-bond acceptors (Lipinski definition) is 2. The monoisotopic (exact) mass is 289 g/mol. The van der Waals surface area contributed by atoms with Crippen molar-refractivity contribution in [3.63, 3.8) is 0 Å². The lowest BCUT2D eigenvalue weighted by atomic mass is 10.00. The Morgan fingerprint density at radius 1 is 1.29 bits per heavy atom. The molecule has 0 radical (unpaired) electrons. The molecular weight excluding hydrogens is 266 g/mol. The van der Waals surface area contributed by atoms with Gasteiger partial charge in [0.25, 0.3) is 0 Å². The van der Waals surface area contributed by atoms with Gasteiger partial charge in [-0.1, -0.05) is 37.1 Å². The number of carbonyl (C=O) groups excluding carboxylic acids is 1. The third kappa shape index (κ3) is 4.59. The molecule has 1 saturated carbocycles. The summed E-state index contributed by atoms with van der Waals surface area (Å²) in [6.45, 7) is 1.95. The second kappa shape index (κ2) is 7.25. The fourth-order valence-corrected chi connectivity index (χ4v) is 2.99. The van der Waals surface area contributed by atoms with Gasteiger partial charge in [0, 0.05) is 12.8 Å². The van der Waals surface area contributed by atoms with Crippen molar-refractivity contribution in [2.45, 2.75) is 51.5 Å². The second-order valence-electron chi connectivity index (χ2n) is 5.94.